The zero-order chi connectivity index (χ0) is 25.7. The Morgan fingerprint density at radius 2 is 1.60 bits per heavy atom. The van der Waals surface area contributed by atoms with Gasteiger partial charge in [0, 0.05) is 18.7 Å². The Bertz CT molecular complexity index is 810. The normalized spacial score (nSPS) is 37.8. The summed E-state index contributed by atoms with van der Waals surface area (Å²) in [5.41, 5.74) is 0.943. The van der Waals surface area contributed by atoms with Gasteiger partial charge in [-0.25, -0.2) is 0 Å². The van der Waals surface area contributed by atoms with Crippen LogP contribution in [0.25, 0.3) is 0 Å². The molecule has 2 saturated heterocycles. The van der Waals surface area contributed by atoms with E-state index in [0.717, 1.165) is 5.56 Å². The van der Waals surface area contributed by atoms with E-state index in [1.54, 1.807) is 12.1 Å². The number of hydrogen-bond donors (Lipinski definition) is 6. The summed E-state index contributed by atoms with van der Waals surface area (Å²) in [6.45, 7) is 1.03. The zero-order valence-electron chi connectivity index (χ0n) is 19.2. The van der Waals surface area contributed by atoms with Gasteiger partial charge in [0.2, 0.25) is 0 Å². The molecule has 3 rings (SSSR count). The number of ether oxygens (including phenoxy) is 4. The molecule has 0 amide bonds. The van der Waals surface area contributed by atoms with Crippen LogP contribution in [-0.4, -0.2) is 110 Å². The smallest absolute Gasteiger partial charge is 0.269 e. The molecule has 1 aromatic carbocycles. The second-order valence-electron chi connectivity index (χ2n) is 8.74. The summed E-state index contributed by atoms with van der Waals surface area (Å²) in [5.74, 6) is 0. The maximum absolute atomic E-state index is 10.7. The summed E-state index contributed by atoms with van der Waals surface area (Å²) < 4.78 is 22.0. The lowest BCUT2D eigenvalue weighted by atomic mass is 9.97. The zero-order valence-corrected chi connectivity index (χ0v) is 19.2. The molecule has 0 spiro atoms. The summed E-state index contributed by atoms with van der Waals surface area (Å²) >= 11 is 0. The van der Waals surface area contributed by atoms with Crippen molar-refractivity contribution in [3.05, 3.63) is 39.9 Å². The third kappa shape index (κ3) is 6.71. The van der Waals surface area contributed by atoms with Crippen molar-refractivity contribution in [3.63, 3.8) is 0 Å². The van der Waals surface area contributed by atoms with E-state index in [9.17, 15) is 40.8 Å². The molecule has 0 saturated carbocycles. The van der Waals surface area contributed by atoms with Gasteiger partial charge in [-0.15, -0.1) is 0 Å². The number of nitro benzene ring substituents is 1. The standard InChI is InChI=1S/C22H33NO12/c1-11-15(25)17(27)18(28)22(33-11)35-20-16(26)14(10-24)34-21(19(20)29)32-9-3-2-4-12-5-7-13(8-6-12)23(30)31/h5-8,11,14-22,24-29H,2-4,9-10H2,1H3/t11-,14+,15-,16-,17+,18+,19+,20-,21+,22-/m0/s1. The molecular weight excluding hydrogens is 470 g/mol. The molecule has 13 heteroatoms. The molecule has 35 heavy (non-hydrogen) atoms. The highest BCUT2D eigenvalue weighted by atomic mass is 16.7. The molecule has 0 unspecified atom stereocenters. The quantitative estimate of drug-likeness (QED) is 0.124. The third-order valence-electron chi connectivity index (χ3n) is 6.21. The van der Waals surface area contributed by atoms with E-state index in [1.807, 2.05) is 0 Å². The third-order valence-corrected chi connectivity index (χ3v) is 6.21. The lowest BCUT2D eigenvalue weighted by Crippen LogP contribution is -2.64. The van der Waals surface area contributed by atoms with Crippen molar-refractivity contribution in [1.82, 2.24) is 0 Å². The van der Waals surface area contributed by atoms with Crippen LogP contribution in [0.3, 0.4) is 0 Å². The molecule has 2 aliphatic heterocycles. The van der Waals surface area contributed by atoms with E-state index in [1.165, 1.54) is 19.1 Å². The number of benzene rings is 1. The predicted molar refractivity (Wildman–Crippen MR) is 117 cm³/mol. The van der Waals surface area contributed by atoms with Crippen LogP contribution >= 0.6 is 0 Å². The number of non-ortho nitro benzene ring substituents is 1. The van der Waals surface area contributed by atoms with E-state index in [-0.39, 0.29) is 12.3 Å². The van der Waals surface area contributed by atoms with Crippen molar-refractivity contribution in [3.8, 4) is 0 Å². The Balaban J connectivity index is 1.52. The monoisotopic (exact) mass is 503 g/mol. The molecule has 2 heterocycles. The largest absolute Gasteiger partial charge is 0.394 e. The van der Waals surface area contributed by atoms with Gasteiger partial charge in [0.05, 0.1) is 17.6 Å². The van der Waals surface area contributed by atoms with Crippen LogP contribution in [0.4, 0.5) is 5.69 Å². The highest BCUT2D eigenvalue weighted by Gasteiger charge is 2.50. The van der Waals surface area contributed by atoms with E-state index >= 15 is 0 Å². The molecular formula is C22H33NO12. The van der Waals surface area contributed by atoms with E-state index in [4.69, 9.17) is 18.9 Å². The van der Waals surface area contributed by atoms with E-state index < -0.39 is 72.9 Å². The van der Waals surface area contributed by atoms with Gasteiger partial charge in [-0.2, -0.15) is 0 Å². The number of aryl methyl sites for hydroxylation is 1. The van der Waals surface area contributed by atoms with Crippen molar-refractivity contribution < 1.29 is 54.5 Å². The van der Waals surface area contributed by atoms with Gasteiger partial charge in [0.15, 0.2) is 12.6 Å². The minimum Gasteiger partial charge on any atom is -0.394 e. The van der Waals surface area contributed by atoms with Gasteiger partial charge >= 0.3 is 0 Å². The minimum absolute atomic E-state index is 0.0178. The number of hydrogen-bond acceptors (Lipinski definition) is 12. The van der Waals surface area contributed by atoms with Crippen molar-refractivity contribution in [2.24, 2.45) is 0 Å². The van der Waals surface area contributed by atoms with Gasteiger partial charge in [0.25, 0.3) is 5.69 Å². The Labute approximate surface area is 201 Å². The van der Waals surface area contributed by atoms with Crippen LogP contribution in [0.15, 0.2) is 24.3 Å². The van der Waals surface area contributed by atoms with Crippen molar-refractivity contribution in [2.45, 2.75) is 87.6 Å². The first-order chi connectivity index (χ1) is 16.6. The average Bonchev–Trinajstić information content (AvgIpc) is 2.84. The molecule has 2 fully saturated rings. The fraction of sp³-hybridized carbons (Fsp3) is 0.727. The topological polar surface area (TPSA) is 201 Å². The maximum atomic E-state index is 10.7. The van der Waals surface area contributed by atoms with Crippen LogP contribution in [0.1, 0.15) is 25.3 Å². The second kappa shape index (κ2) is 12.5. The summed E-state index contributed by atoms with van der Waals surface area (Å²) in [7, 11) is 0. The number of aliphatic hydroxyl groups is 6. The SMILES string of the molecule is C[C@@H]1O[C@@H](O[C@H]2[C@@H](O)[C@@H](CO)O[C@@H](OCCCCc3ccc([N+](=O)[O-])cc3)[C@@H]2O)[C@H](O)[C@H](O)[C@H]1O. The fourth-order valence-electron chi connectivity index (χ4n) is 4.05. The first-order valence-electron chi connectivity index (χ1n) is 11.5. The van der Waals surface area contributed by atoms with Crippen LogP contribution in [0.2, 0.25) is 0 Å². The fourth-order valence-corrected chi connectivity index (χ4v) is 4.05. The first kappa shape index (κ1) is 27.8. The Morgan fingerprint density at radius 3 is 2.23 bits per heavy atom. The Morgan fingerprint density at radius 1 is 0.914 bits per heavy atom. The lowest BCUT2D eigenvalue weighted by Gasteiger charge is -2.45. The Kier molecular flexibility index (Phi) is 9.89. The van der Waals surface area contributed by atoms with Gasteiger partial charge in [0.1, 0.15) is 42.7 Å². The van der Waals surface area contributed by atoms with Crippen LogP contribution in [0, 0.1) is 10.1 Å². The van der Waals surface area contributed by atoms with Crippen molar-refractivity contribution >= 4 is 5.69 Å². The highest BCUT2D eigenvalue weighted by molar-refractivity contribution is 5.32. The molecule has 0 aromatic heterocycles. The molecule has 13 nitrogen and oxygen atoms in total. The summed E-state index contributed by atoms with van der Waals surface area (Å²) in [6.07, 6.45) is -11.8. The van der Waals surface area contributed by atoms with Crippen LogP contribution < -0.4 is 0 Å². The van der Waals surface area contributed by atoms with E-state index in [0.29, 0.717) is 19.3 Å². The molecule has 2 aliphatic rings. The summed E-state index contributed by atoms with van der Waals surface area (Å²) in [4.78, 5) is 10.3. The van der Waals surface area contributed by atoms with Gasteiger partial charge in [-0.05, 0) is 31.7 Å². The number of aliphatic hydroxyl groups excluding tert-OH is 6. The van der Waals surface area contributed by atoms with Crippen LogP contribution in [-0.2, 0) is 25.4 Å². The van der Waals surface area contributed by atoms with Gasteiger partial charge in [-0.1, -0.05) is 12.1 Å². The average molecular weight is 504 g/mol. The molecule has 0 aliphatic carbocycles. The first-order valence-corrected chi connectivity index (χ1v) is 11.5. The maximum Gasteiger partial charge on any atom is 0.269 e. The van der Waals surface area contributed by atoms with E-state index in [2.05, 4.69) is 0 Å². The lowest BCUT2D eigenvalue weighted by molar-refractivity contribution is -0.384. The summed E-state index contributed by atoms with van der Waals surface area (Å²) in [5, 5.41) is 71.5. The van der Waals surface area contributed by atoms with Gasteiger partial charge < -0.3 is 49.6 Å². The number of nitro groups is 1. The molecule has 1 aromatic rings. The molecule has 6 N–H and O–H groups in total. The number of nitrogens with zero attached hydrogens (tertiary/aromatic N) is 1. The minimum atomic E-state index is -1.64. The summed E-state index contributed by atoms with van der Waals surface area (Å²) in [6, 6.07) is 6.24. The highest BCUT2D eigenvalue weighted by Crippen LogP contribution is 2.29. The Hall–Kier alpha value is -1.78. The molecule has 10 atom stereocenters. The second-order valence-corrected chi connectivity index (χ2v) is 8.74. The number of rotatable bonds is 10. The molecule has 0 radical (unpaired) electrons. The molecule has 198 valence electrons. The van der Waals surface area contributed by atoms with Gasteiger partial charge in [-0.3, -0.25) is 10.1 Å². The van der Waals surface area contributed by atoms with Crippen LogP contribution in [0.5, 0.6) is 0 Å². The van der Waals surface area contributed by atoms with Crippen molar-refractivity contribution in [1.29, 1.82) is 0 Å². The molecule has 0 bridgehead atoms. The number of unbranched alkanes of at least 4 members (excludes halogenated alkanes) is 1. The predicted octanol–water partition coefficient (Wildman–Crippen LogP) is -1.41. The van der Waals surface area contributed by atoms with Crippen molar-refractivity contribution in [2.75, 3.05) is 13.2 Å².